The molecule has 50 heavy (non-hydrogen) atoms. The van der Waals surface area contributed by atoms with E-state index >= 15 is 0 Å². The number of rotatable bonds is 20. The monoisotopic (exact) mass is 721 g/mol. The molecule has 2 heterocycles. The average Bonchev–Trinajstić information content (AvgIpc) is 3.47. The summed E-state index contributed by atoms with van der Waals surface area (Å²) in [5, 5.41) is 6.44. The molecule has 2 atom stereocenters. The fourth-order valence-electron chi connectivity index (χ4n) is 7.39. The fourth-order valence-corrected chi connectivity index (χ4v) is 10.1. The number of anilines is 1. The van der Waals surface area contributed by atoms with Gasteiger partial charge in [0.1, 0.15) is 36.6 Å². The maximum atomic E-state index is 14.8. The van der Waals surface area contributed by atoms with E-state index in [4.69, 9.17) is 24.7 Å². The number of imidazole rings is 1. The highest BCUT2D eigenvalue weighted by atomic mass is 31.2. The zero-order valence-corrected chi connectivity index (χ0v) is 32.5. The number of fused-ring (bicyclic) bond motifs is 1. The van der Waals surface area contributed by atoms with E-state index < -0.39 is 24.5 Å². The molecule has 0 radical (unpaired) electrons. The minimum Gasteiger partial charge on any atom is -0.461 e. The van der Waals surface area contributed by atoms with Crippen molar-refractivity contribution in [3.63, 3.8) is 0 Å². The van der Waals surface area contributed by atoms with Crippen LogP contribution in [-0.2, 0) is 34.9 Å². The molecule has 2 aliphatic rings. The lowest BCUT2D eigenvalue weighted by molar-refractivity contribution is -0.157. The van der Waals surface area contributed by atoms with E-state index in [-0.39, 0.29) is 38.1 Å². The first kappa shape index (κ1) is 40.6. The van der Waals surface area contributed by atoms with Crippen molar-refractivity contribution in [2.24, 2.45) is 11.8 Å². The molecule has 4 rings (SSSR count). The summed E-state index contributed by atoms with van der Waals surface area (Å²) in [6, 6.07) is 0. The molecule has 2 saturated carbocycles. The van der Waals surface area contributed by atoms with E-state index in [1.807, 2.05) is 25.3 Å². The van der Waals surface area contributed by atoms with Gasteiger partial charge in [-0.1, -0.05) is 39.5 Å². The zero-order chi connectivity index (χ0) is 36.4. The minimum atomic E-state index is -3.59. The predicted molar refractivity (Wildman–Crippen MR) is 196 cm³/mol. The molecule has 0 bridgehead atoms. The maximum Gasteiger partial charge on any atom is 0.326 e. The van der Waals surface area contributed by atoms with Gasteiger partial charge in [-0.15, -0.1) is 0 Å². The van der Waals surface area contributed by atoms with Crippen LogP contribution < -0.4 is 15.9 Å². The Bertz CT molecular complexity index is 1390. The summed E-state index contributed by atoms with van der Waals surface area (Å²) in [5.41, 5.74) is 5.08. The van der Waals surface area contributed by atoms with Gasteiger partial charge in [-0.25, -0.2) is 25.1 Å². The second-order valence-corrected chi connectivity index (χ2v) is 18.0. The van der Waals surface area contributed by atoms with Crippen molar-refractivity contribution in [2.75, 3.05) is 25.5 Å². The van der Waals surface area contributed by atoms with Crippen LogP contribution in [-0.4, -0.2) is 74.6 Å². The highest BCUT2D eigenvalue weighted by molar-refractivity contribution is 7.59. The van der Waals surface area contributed by atoms with Gasteiger partial charge in [-0.3, -0.25) is 9.36 Å². The van der Waals surface area contributed by atoms with Crippen molar-refractivity contribution < 1.29 is 28.3 Å². The Labute approximate surface area is 299 Å². The zero-order valence-electron chi connectivity index (χ0n) is 31.6. The van der Waals surface area contributed by atoms with Crippen LogP contribution >= 0.6 is 7.44 Å². The summed E-state index contributed by atoms with van der Waals surface area (Å²) in [4.78, 5) is 26.2. The third-order valence-electron chi connectivity index (χ3n) is 9.98. The van der Waals surface area contributed by atoms with E-state index in [1.165, 1.54) is 44.9 Å². The number of nitrogens with zero attached hydrogens (tertiary/aromatic N) is 4. The number of hydrogen-bond acceptors (Lipinski definition) is 10. The molecule has 2 aliphatic carbocycles. The topological polar surface area (TPSA) is 165 Å². The van der Waals surface area contributed by atoms with Crippen molar-refractivity contribution in [1.29, 1.82) is 0 Å². The number of carbonyl (C=O) groups excluding carboxylic acids is 1. The first-order valence-corrected chi connectivity index (χ1v) is 20.7. The molecule has 0 aliphatic heterocycles. The van der Waals surface area contributed by atoms with Crippen LogP contribution in [0.5, 0.6) is 0 Å². The van der Waals surface area contributed by atoms with E-state index in [0.717, 1.165) is 44.4 Å². The first-order valence-electron chi connectivity index (χ1n) is 18.8. The van der Waals surface area contributed by atoms with E-state index in [0.29, 0.717) is 29.4 Å². The number of nitrogens with one attached hydrogen (secondary N) is 2. The highest BCUT2D eigenvalue weighted by Gasteiger charge is 2.41. The lowest BCUT2D eigenvalue weighted by Gasteiger charge is -2.37. The van der Waals surface area contributed by atoms with Crippen molar-refractivity contribution in [3.8, 4) is 0 Å². The van der Waals surface area contributed by atoms with Gasteiger partial charge in [0, 0.05) is 5.54 Å². The Kier molecular flexibility index (Phi) is 15.1. The Morgan fingerprint density at radius 3 is 2.20 bits per heavy atom. The molecular weight excluding hydrogens is 657 g/mol. The van der Waals surface area contributed by atoms with E-state index in [2.05, 4.69) is 39.0 Å². The summed E-state index contributed by atoms with van der Waals surface area (Å²) in [7, 11) is -3.59. The second kappa shape index (κ2) is 18.6. The Balaban J connectivity index is 1.37. The third kappa shape index (κ3) is 12.2. The molecule has 13 nitrogen and oxygen atoms in total. The molecule has 2 fully saturated rings. The summed E-state index contributed by atoms with van der Waals surface area (Å²) >= 11 is 0. The first-order chi connectivity index (χ1) is 23.7. The number of nitrogen functional groups attached to an aromatic ring is 1. The van der Waals surface area contributed by atoms with Gasteiger partial charge >= 0.3 is 5.97 Å². The van der Waals surface area contributed by atoms with Crippen molar-refractivity contribution in [1.82, 2.24) is 29.7 Å². The highest BCUT2D eigenvalue weighted by Crippen LogP contribution is 2.42. The number of aromatic nitrogens is 4. The fraction of sp³-hybridized carbons (Fsp3) is 0.833. The molecule has 2 aromatic heterocycles. The minimum absolute atomic E-state index is 0.130. The van der Waals surface area contributed by atoms with Crippen LogP contribution in [0.15, 0.2) is 12.7 Å². The van der Waals surface area contributed by atoms with Gasteiger partial charge in [0.15, 0.2) is 11.5 Å². The van der Waals surface area contributed by atoms with Crippen LogP contribution in [0.2, 0.25) is 0 Å². The molecule has 1 unspecified atom stereocenters. The van der Waals surface area contributed by atoms with Crippen molar-refractivity contribution in [3.05, 3.63) is 12.7 Å². The number of hydrogen-bond donors (Lipinski definition) is 3. The number of esters is 1. The molecule has 284 valence electrons. The standard InChI is InChI=1S/C36H64N7O6P/c1-8-10-27-12-16-29(17-13-27)47-24-46-21-35(4,5)41-50(45,25-48-26(3)20-43-23-40-31-32(37)38-22-39-33(31)43)42-36(6,7)34(44)49-30-18-14-28(11-9-2)15-19-30/h22-23,26-30H,8-21,24-25H2,1-7H3,(H2,37,38,39)(H2,41,42,45)/t26-,27?,28?,29?,30?,50?/m1/s1. The van der Waals surface area contributed by atoms with Gasteiger partial charge < -0.3 is 29.2 Å². The molecule has 0 aromatic carbocycles. The van der Waals surface area contributed by atoms with Crippen molar-refractivity contribution >= 4 is 30.4 Å². The normalized spacial score (nSPS) is 23.8. The summed E-state index contributed by atoms with van der Waals surface area (Å²) in [6.45, 7) is 14.4. The molecule has 2 aromatic rings. The van der Waals surface area contributed by atoms with E-state index in [1.54, 1.807) is 20.2 Å². The van der Waals surface area contributed by atoms with Gasteiger partial charge in [-0.05, 0) is 97.8 Å². The maximum absolute atomic E-state index is 14.8. The van der Waals surface area contributed by atoms with Crippen LogP contribution in [0.3, 0.4) is 0 Å². The van der Waals surface area contributed by atoms with E-state index in [9.17, 15) is 9.36 Å². The lowest BCUT2D eigenvalue weighted by atomic mass is 9.84. The number of ether oxygens (including phenoxy) is 4. The molecule has 14 heteroatoms. The molecule has 0 saturated heterocycles. The Morgan fingerprint density at radius 1 is 0.960 bits per heavy atom. The molecular formula is C36H64N7O6P. The second-order valence-electron chi connectivity index (χ2n) is 15.8. The number of nitrogens with two attached hydrogens (primary N) is 1. The number of carbonyl (C=O) groups is 1. The van der Waals surface area contributed by atoms with Crippen LogP contribution in [0.25, 0.3) is 11.2 Å². The largest absolute Gasteiger partial charge is 0.461 e. The van der Waals surface area contributed by atoms with Gasteiger partial charge in [0.25, 0.3) is 0 Å². The third-order valence-corrected chi connectivity index (χ3v) is 12.4. The molecule has 0 spiro atoms. The Hall–Kier alpha value is -2.15. The van der Waals surface area contributed by atoms with Gasteiger partial charge in [0.2, 0.25) is 7.44 Å². The summed E-state index contributed by atoms with van der Waals surface area (Å²) < 4.78 is 40.9. The predicted octanol–water partition coefficient (Wildman–Crippen LogP) is 6.95. The van der Waals surface area contributed by atoms with Crippen LogP contribution in [0.1, 0.15) is 126 Å². The Morgan fingerprint density at radius 2 is 1.58 bits per heavy atom. The lowest BCUT2D eigenvalue weighted by Crippen LogP contribution is -2.53. The van der Waals surface area contributed by atoms with Gasteiger partial charge in [0.05, 0.1) is 31.7 Å². The molecule has 0 amide bonds. The quantitative estimate of drug-likeness (QED) is 0.0559. The smallest absolute Gasteiger partial charge is 0.326 e. The average molecular weight is 722 g/mol. The van der Waals surface area contributed by atoms with Crippen LogP contribution in [0.4, 0.5) is 5.82 Å². The SMILES string of the molecule is CCCC1CCC(OCOCC(C)(C)NP(=O)(CO[C@H](C)Cn2cnc3c(N)ncnc32)NC(C)(C)C(=O)OC2CCC(CCC)CC2)CC1. The molecule has 4 N–H and O–H groups in total. The summed E-state index contributed by atoms with van der Waals surface area (Å²) in [6.07, 6.45) is 15.8. The van der Waals surface area contributed by atoms with Gasteiger partial charge in [-0.2, -0.15) is 0 Å². The summed E-state index contributed by atoms with van der Waals surface area (Å²) in [5.74, 6) is 1.39. The van der Waals surface area contributed by atoms with Crippen molar-refractivity contribution in [2.45, 2.75) is 161 Å². The van der Waals surface area contributed by atoms with Crippen LogP contribution in [0, 0.1) is 11.8 Å².